The summed E-state index contributed by atoms with van der Waals surface area (Å²) in [6, 6.07) is 24.1. The predicted octanol–water partition coefficient (Wildman–Crippen LogP) is 4.71. The standard InChI is InChI=1S/C25H26O4S/c1-17-8-12-20(13-9-17)25-23(30(27,28)21-14-10-18(2)11-15-21)16-22(26)24(29-25)19-6-4-3-5-7-19/h3-15,22-26H,16H2,1-2H3/t22-,23-,24+,25-/m0/s1. The molecule has 0 aliphatic carbocycles. The third-order valence-corrected chi connectivity index (χ3v) is 7.90. The highest BCUT2D eigenvalue weighted by Gasteiger charge is 2.45. The molecular weight excluding hydrogens is 396 g/mol. The molecule has 1 aliphatic rings. The maximum atomic E-state index is 13.5. The first-order valence-corrected chi connectivity index (χ1v) is 11.7. The Morgan fingerprint density at radius 3 is 1.90 bits per heavy atom. The first-order chi connectivity index (χ1) is 14.4. The van der Waals surface area contributed by atoms with E-state index in [9.17, 15) is 13.5 Å². The van der Waals surface area contributed by atoms with Crippen LogP contribution in [0.2, 0.25) is 0 Å². The lowest BCUT2D eigenvalue weighted by atomic mass is 9.92. The van der Waals surface area contributed by atoms with Gasteiger partial charge in [0, 0.05) is 0 Å². The Morgan fingerprint density at radius 1 is 0.767 bits per heavy atom. The zero-order valence-electron chi connectivity index (χ0n) is 17.1. The second-order valence-electron chi connectivity index (χ2n) is 8.00. The van der Waals surface area contributed by atoms with Gasteiger partial charge in [0.05, 0.1) is 16.2 Å². The molecule has 3 aromatic rings. The van der Waals surface area contributed by atoms with Crippen LogP contribution in [0.15, 0.2) is 83.8 Å². The van der Waals surface area contributed by atoms with Gasteiger partial charge in [0.15, 0.2) is 9.84 Å². The fraction of sp³-hybridized carbons (Fsp3) is 0.280. The van der Waals surface area contributed by atoms with Crippen molar-refractivity contribution in [1.82, 2.24) is 0 Å². The van der Waals surface area contributed by atoms with E-state index in [1.54, 1.807) is 24.3 Å². The zero-order valence-corrected chi connectivity index (χ0v) is 17.9. The summed E-state index contributed by atoms with van der Waals surface area (Å²) < 4.78 is 33.4. The number of hydrogen-bond donors (Lipinski definition) is 1. The van der Waals surface area contributed by atoms with Gasteiger partial charge in [-0.1, -0.05) is 77.9 Å². The maximum absolute atomic E-state index is 13.5. The van der Waals surface area contributed by atoms with E-state index >= 15 is 0 Å². The zero-order chi connectivity index (χ0) is 21.3. The summed E-state index contributed by atoms with van der Waals surface area (Å²) in [5, 5.41) is 9.99. The number of aliphatic hydroxyl groups excluding tert-OH is 1. The van der Waals surface area contributed by atoms with Crippen molar-refractivity contribution in [3.63, 3.8) is 0 Å². The summed E-state index contributed by atoms with van der Waals surface area (Å²) >= 11 is 0. The minimum atomic E-state index is -3.71. The van der Waals surface area contributed by atoms with Crippen LogP contribution in [0.1, 0.15) is 40.9 Å². The van der Waals surface area contributed by atoms with Gasteiger partial charge in [-0.15, -0.1) is 0 Å². The normalized spacial score (nSPS) is 24.5. The number of ether oxygens (including phenoxy) is 1. The van der Waals surface area contributed by atoms with Gasteiger partial charge in [0.1, 0.15) is 12.2 Å². The van der Waals surface area contributed by atoms with Crippen LogP contribution in [0, 0.1) is 13.8 Å². The van der Waals surface area contributed by atoms with Gasteiger partial charge in [-0.05, 0) is 43.5 Å². The quantitative estimate of drug-likeness (QED) is 0.661. The van der Waals surface area contributed by atoms with Crippen molar-refractivity contribution in [2.24, 2.45) is 0 Å². The van der Waals surface area contributed by atoms with Gasteiger partial charge >= 0.3 is 0 Å². The summed E-state index contributed by atoms with van der Waals surface area (Å²) in [5.74, 6) is 0. The van der Waals surface area contributed by atoms with Crippen LogP contribution in [0.25, 0.3) is 0 Å². The van der Waals surface area contributed by atoms with Crippen LogP contribution >= 0.6 is 0 Å². The fourth-order valence-electron chi connectivity index (χ4n) is 4.01. The SMILES string of the molecule is Cc1ccc([C@@H]2O[C@H](c3ccccc3)[C@@H](O)C[C@@H]2S(=O)(=O)c2ccc(C)cc2)cc1. The average Bonchev–Trinajstić information content (AvgIpc) is 2.75. The molecule has 156 valence electrons. The highest BCUT2D eigenvalue weighted by molar-refractivity contribution is 7.92. The summed E-state index contributed by atoms with van der Waals surface area (Å²) in [7, 11) is -3.71. The van der Waals surface area contributed by atoms with Crippen LogP contribution in [-0.4, -0.2) is 24.9 Å². The van der Waals surface area contributed by atoms with E-state index in [1.807, 2.05) is 68.4 Å². The third-order valence-electron chi connectivity index (χ3n) is 5.74. The number of aryl methyl sites for hydroxylation is 2. The van der Waals surface area contributed by atoms with Crippen LogP contribution in [0.3, 0.4) is 0 Å². The second kappa shape index (κ2) is 8.34. The molecule has 1 aliphatic heterocycles. The summed E-state index contributed by atoms with van der Waals surface area (Å²) in [4.78, 5) is 0.254. The van der Waals surface area contributed by atoms with Gasteiger partial charge < -0.3 is 9.84 Å². The lowest BCUT2D eigenvalue weighted by Gasteiger charge is -2.39. The second-order valence-corrected chi connectivity index (χ2v) is 10.2. The minimum absolute atomic E-state index is 0.105. The van der Waals surface area contributed by atoms with Crippen molar-refractivity contribution in [3.8, 4) is 0 Å². The number of aliphatic hydroxyl groups is 1. The molecule has 0 bridgehead atoms. The Balaban J connectivity index is 1.76. The Kier molecular flexibility index (Phi) is 5.78. The predicted molar refractivity (Wildman–Crippen MR) is 117 cm³/mol. The van der Waals surface area contributed by atoms with Crippen LogP contribution in [0.4, 0.5) is 0 Å². The molecule has 0 unspecified atom stereocenters. The molecule has 4 atom stereocenters. The summed E-state index contributed by atoms with van der Waals surface area (Å²) in [6.07, 6.45) is -2.07. The van der Waals surface area contributed by atoms with Gasteiger partial charge in [-0.3, -0.25) is 0 Å². The maximum Gasteiger partial charge on any atom is 0.184 e. The average molecular weight is 423 g/mol. The minimum Gasteiger partial charge on any atom is -0.390 e. The van der Waals surface area contributed by atoms with Crippen molar-refractivity contribution in [2.75, 3.05) is 0 Å². The molecule has 3 aromatic carbocycles. The number of hydrogen-bond acceptors (Lipinski definition) is 4. The van der Waals surface area contributed by atoms with E-state index in [-0.39, 0.29) is 11.3 Å². The molecule has 5 heteroatoms. The molecular formula is C25H26O4S. The Labute approximate surface area is 178 Å². The highest BCUT2D eigenvalue weighted by Crippen LogP contribution is 2.43. The van der Waals surface area contributed by atoms with Gasteiger partial charge in [0.25, 0.3) is 0 Å². The highest BCUT2D eigenvalue weighted by atomic mass is 32.2. The van der Waals surface area contributed by atoms with Crippen molar-refractivity contribution < 1.29 is 18.3 Å². The molecule has 30 heavy (non-hydrogen) atoms. The van der Waals surface area contributed by atoms with Crippen molar-refractivity contribution in [1.29, 1.82) is 0 Å². The largest absolute Gasteiger partial charge is 0.390 e. The van der Waals surface area contributed by atoms with E-state index in [2.05, 4.69) is 0 Å². The first-order valence-electron chi connectivity index (χ1n) is 10.1. The van der Waals surface area contributed by atoms with Crippen molar-refractivity contribution in [3.05, 3.63) is 101 Å². The summed E-state index contributed by atoms with van der Waals surface area (Å²) in [5.41, 5.74) is 3.72. The first kappa shape index (κ1) is 20.8. The van der Waals surface area contributed by atoms with Crippen molar-refractivity contribution in [2.45, 2.75) is 48.7 Å². The monoisotopic (exact) mass is 422 g/mol. The van der Waals surface area contributed by atoms with Crippen LogP contribution in [0.5, 0.6) is 0 Å². The molecule has 1 heterocycles. The lowest BCUT2D eigenvalue weighted by molar-refractivity contribution is -0.119. The molecule has 0 amide bonds. The lowest BCUT2D eigenvalue weighted by Crippen LogP contribution is -2.42. The van der Waals surface area contributed by atoms with Crippen LogP contribution in [-0.2, 0) is 14.6 Å². The number of rotatable bonds is 4. The van der Waals surface area contributed by atoms with Gasteiger partial charge in [-0.25, -0.2) is 8.42 Å². The Morgan fingerprint density at radius 2 is 1.30 bits per heavy atom. The van der Waals surface area contributed by atoms with E-state index < -0.39 is 33.4 Å². The Bertz CT molecular complexity index is 1090. The van der Waals surface area contributed by atoms with Crippen LogP contribution < -0.4 is 0 Å². The van der Waals surface area contributed by atoms with E-state index in [0.717, 1.165) is 22.3 Å². The molecule has 0 radical (unpaired) electrons. The fourth-order valence-corrected chi connectivity index (χ4v) is 5.87. The molecule has 1 fully saturated rings. The summed E-state index contributed by atoms with van der Waals surface area (Å²) in [6.45, 7) is 3.91. The van der Waals surface area contributed by atoms with Gasteiger partial charge in [-0.2, -0.15) is 0 Å². The molecule has 0 saturated carbocycles. The number of benzene rings is 3. The van der Waals surface area contributed by atoms with E-state index in [1.165, 1.54) is 0 Å². The third kappa shape index (κ3) is 4.06. The van der Waals surface area contributed by atoms with Crippen molar-refractivity contribution >= 4 is 9.84 Å². The molecule has 4 nitrogen and oxygen atoms in total. The van der Waals surface area contributed by atoms with E-state index in [0.29, 0.717) is 0 Å². The Hall–Kier alpha value is -2.47. The molecule has 4 rings (SSSR count). The van der Waals surface area contributed by atoms with E-state index in [4.69, 9.17) is 4.74 Å². The molecule has 1 saturated heterocycles. The molecule has 0 spiro atoms. The smallest absolute Gasteiger partial charge is 0.184 e. The molecule has 0 aromatic heterocycles. The topological polar surface area (TPSA) is 63.6 Å². The molecule has 1 N–H and O–H groups in total. The number of sulfone groups is 1. The van der Waals surface area contributed by atoms with Gasteiger partial charge in [0.2, 0.25) is 0 Å².